The van der Waals surface area contributed by atoms with Gasteiger partial charge >= 0.3 is 5.97 Å². The topological polar surface area (TPSA) is 77.8 Å². The van der Waals surface area contributed by atoms with Gasteiger partial charge in [-0.1, -0.05) is 34.1 Å². The van der Waals surface area contributed by atoms with E-state index < -0.39 is 5.97 Å². The molecule has 4 nitrogen and oxygen atoms in total. The largest absolute Gasteiger partial charge is 0.504 e. The second-order valence-electron chi connectivity index (χ2n) is 10.1. The van der Waals surface area contributed by atoms with Gasteiger partial charge in [-0.15, -0.1) is 0 Å². The number of hydrogen-bond acceptors (Lipinski definition) is 3. The van der Waals surface area contributed by atoms with Gasteiger partial charge in [0, 0.05) is 5.56 Å². The summed E-state index contributed by atoms with van der Waals surface area (Å²) in [6.07, 6.45) is 6.30. The minimum absolute atomic E-state index is 0.115. The third-order valence-corrected chi connectivity index (χ3v) is 8.38. The molecule has 2 fully saturated rings. The van der Waals surface area contributed by atoms with Crippen LogP contribution in [0, 0.1) is 22.7 Å². The molecule has 0 radical (unpaired) electrons. The van der Waals surface area contributed by atoms with E-state index in [1.54, 1.807) is 0 Å². The van der Waals surface area contributed by atoms with Crippen LogP contribution in [0.1, 0.15) is 81.3 Å². The first-order chi connectivity index (χ1) is 12.0. The van der Waals surface area contributed by atoms with Crippen molar-refractivity contribution in [3.05, 3.63) is 22.8 Å². The lowest BCUT2D eigenvalue weighted by Gasteiger charge is -2.61. The predicted octanol–water partition coefficient (Wildman–Crippen LogP) is 4.85. The summed E-state index contributed by atoms with van der Waals surface area (Å²) < 4.78 is 0. The number of phenolic OH excluding ortho intramolecular Hbond substituents is 2. The van der Waals surface area contributed by atoms with Crippen molar-refractivity contribution in [2.75, 3.05) is 0 Å². The number of benzene rings is 1. The Labute approximate surface area is 155 Å². The van der Waals surface area contributed by atoms with E-state index in [0.29, 0.717) is 29.2 Å². The molecule has 2 saturated carbocycles. The summed E-state index contributed by atoms with van der Waals surface area (Å²) in [5, 5.41) is 30.4. The van der Waals surface area contributed by atoms with Crippen molar-refractivity contribution in [2.24, 2.45) is 22.7 Å². The molecule has 0 aliphatic heterocycles. The van der Waals surface area contributed by atoms with Crippen molar-refractivity contribution < 1.29 is 20.1 Å². The molecule has 0 unspecified atom stereocenters. The molecule has 1 aromatic rings. The molecule has 0 aromatic heterocycles. The van der Waals surface area contributed by atoms with Gasteiger partial charge in [0.15, 0.2) is 11.5 Å². The van der Waals surface area contributed by atoms with Crippen LogP contribution in [0.3, 0.4) is 0 Å². The second-order valence-corrected chi connectivity index (χ2v) is 10.1. The lowest BCUT2D eigenvalue weighted by atomic mass is 9.43. The van der Waals surface area contributed by atoms with E-state index >= 15 is 0 Å². The SMILES string of the molecule is CC1(C)CCC[C@]2(C)[C@H]3Cc4c(O)c(O)cc(C(=O)O)c4[C@]3(C)CC[C@@H]12. The number of fused-ring (bicyclic) bond motifs is 5. The number of aromatic carboxylic acids is 1. The third-order valence-electron chi connectivity index (χ3n) is 8.38. The lowest BCUT2D eigenvalue weighted by molar-refractivity contribution is -0.0983. The summed E-state index contributed by atoms with van der Waals surface area (Å²) in [6.45, 7) is 9.34. The molecule has 0 spiro atoms. The van der Waals surface area contributed by atoms with Gasteiger partial charge in [0.05, 0.1) is 5.56 Å². The molecule has 1 aromatic carbocycles. The predicted molar refractivity (Wildman–Crippen MR) is 99.7 cm³/mol. The van der Waals surface area contributed by atoms with Crippen LogP contribution in [-0.4, -0.2) is 21.3 Å². The zero-order valence-electron chi connectivity index (χ0n) is 16.2. The molecule has 3 aliphatic carbocycles. The van der Waals surface area contributed by atoms with E-state index in [4.69, 9.17) is 0 Å². The average molecular weight is 358 g/mol. The number of carboxylic acid groups (broad SMARTS) is 1. The summed E-state index contributed by atoms with van der Waals surface area (Å²) in [4.78, 5) is 11.9. The quantitative estimate of drug-likeness (QED) is 0.627. The lowest BCUT2D eigenvalue weighted by Crippen LogP contribution is -2.55. The van der Waals surface area contributed by atoms with Crippen molar-refractivity contribution >= 4 is 5.97 Å². The first-order valence-electron chi connectivity index (χ1n) is 9.84. The van der Waals surface area contributed by atoms with Gasteiger partial charge in [-0.3, -0.25) is 0 Å². The zero-order chi connectivity index (χ0) is 19.1. The van der Waals surface area contributed by atoms with Crippen molar-refractivity contribution in [2.45, 2.75) is 71.6 Å². The summed E-state index contributed by atoms with van der Waals surface area (Å²) in [6, 6.07) is 1.24. The van der Waals surface area contributed by atoms with E-state index in [1.807, 2.05) is 0 Å². The van der Waals surface area contributed by atoms with Gasteiger partial charge in [0.2, 0.25) is 0 Å². The van der Waals surface area contributed by atoms with E-state index in [2.05, 4.69) is 27.7 Å². The summed E-state index contributed by atoms with van der Waals surface area (Å²) in [5.74, 6) is -0.533. The van der Waals surface area contributed by atoms with Gasteiger partial charge < -0.3 is 15.3 Å². The second kappa shape index (κ2) is 5.17. The number of aromatic hydroxyl groups is 2. The molecule has 4 heteroatoms. The van der Waals surface area contributed by atoms with Crippen molar-refractivity contribution in [3.8, 4) is 11.5 Å². The Morgan fingerprint density at radius 2 is 1.77 bits per heavy atom. The van der Waals surface area contributed by atoms with Gasteiger partial charge in [0.25, 0.3) is 0 Å². The van der Waals surface area contributed by atoms with E-state index in [0.717, 1.165) is 24.8 Å². The van der Waals surface area contributed by atoms with Crippen molar-refractivity contribution in [3.63, 3.8) is 0 Å². The molecule has 0 heterocycles. The fourth-order valence-electron chi connectivity index (χ4n) is 7.34. The standard InChI is InChI=1S/C22H30O4/c1-20(2)7-5-8-21(3)15(20)6-9-22(4)16(21)11-12-17(22)13(19(25)26)10-14(23)18(12)24/h10,15-16,23-24H,5-9,11H2,1-4H3,(H,25,26)/t15-,16+,21-,22+/m0/s1. The number of carbonyl (C=O) groups is 1. The molecular formula is C22H30O4. The Balaban J connectivity index is 1.91. The molecule has 4 rings (SSSR count). The molecule has 142 valence electrons. The summed E-state index contributed by atoms with van der Waals surface area (Å²) in [7, 11) is 0. The fourth-order valence-corrected chi connectivity index (χ4v) is 7.34. The number of phenols is 2. The molecule has 0 bridgehead atoms. The number of hydrogen-bond donors (Lipinski definition) is 3. The van der Waals surface area contributed by atoms with Crippen LogP contribution in [-0.2, 0) is 11.8 Å². The van der Waals surface area contributed by atoms with E-state index in [-0.39, 0.29) is 27.9 Å². The monoisotopic (exact) mass is 358 g/mol. The van der Waals surface area contributed by atoms with Gasteiger partial charge in [-0.2, -0.15) is 0 Å². The third kappa shape index (κ3) is 2.04. The Morgan fingerprint density at radius 3 is 2.42 bits per heavy atom. The van der Waals surface area contributed by atoms with Gasteiger partial charge in [-0.25, -0.2) is 4.79 Å². The molecule has 0 saturated heterocycles. The van der Waals surface area contributed by atoms with Crippen LogP contribution in [0.5, 0.6) is 11.5 Å². The van der Waals surface area contributed by atoms with Crippen molar-refractivity contribution in [1.29, 1.82) is 0 Å². The van der Waals surface area contributed by atoms with Crippen LogP contribution in [0.2, 0.25) is 0 Å². The first kappa shape index (κ1) is 17.7. The Bertz CT molecular complexity index is 796. The molecule has 3 aliphatic rings. The highest BCUT2D eigenvalue weighted by atomic mass is 16.4. The highest BCUT2D eigenvalue weighted by Gasteiger charge is 2.62. The Kier molecular flexibility index (Phi) is 3.52. The normalized spacial score (nSPS) is 37.5. The maximum absolute atomic E-state index is 11.9. The zero-order valence-corrected chi connectivity index (χ0v) is 16.2. The highest BCUT2D eigenvalue weighted by Crippen LogP contribution is 2.68. The van der Waals surface area contributed by atoms with Crippen molar-refractivity contribution in [1.82, 2.24) is 0 Å². The maximum Gasteiger partial charge on any atom is 0.336 e. The number of rotatable bonds is 1. The van der Waals surface area contributed by atoms with Gasteiger partial charge in [0.1, 0.15) is 0 Å². The molecular weight excluding hydrogens is 328 g/mol. The Hall–Kier alpha value is -1.71. The van der Waals surface area contributed by atoms with Gasteiger partial charge in [-0.05, 0) is 71.8 Å². The van der Waals surface area contributed by atoms with Crippen LogP contribution in [0.25, 0.3) is 0 Å². The van der Waals surface area contributed by atoms with Crippen LogP contribution in [0.4, 0.5) is 0 Å². The first-order valence-corrected chi connectivity index (χ1v) is 9.84. The minimum atomic E-state index is -1.02. The highest BCUT2D eigenvalue weighted by molar-refractivity contribution is 5.92. The smallest absolute Gasteiger partial charge is 0.336 e. The summed E-state index contributed by atoms with van der Waals surface area (Å²) >= 11 is 0. The number of carboxylic acids is 1. The molecule has 3 N–H and O–H groups in total. The molecule has 0 amide bonds. The van der Waals surface area contributed by atoms with Crippen LogP contribution < -0.4 is 0 Å². The maximum atomic E-state index is 11.9. The Morgan fingerprint density at radius 1 is 1.08 bits per heavy atom. The summed E-state index contributed by atoms with van der Waals surface area (Å²) in [5.41, 5.74) is 1.77. The van der Waals surface area contributed by atoms with Crippen LogP contribution in [0.15, 0.2) is 6.07 Å². The van der Waals surface area contributed by atoms with E-state index in [9.17, 15) is 20.1 Å². The molecule has 4 atom stereocenters. The molecule has 26 heavy (non-hydrogen) atoms. The fraction of sp³-hybridized carbons (Fsp3) is 0.682. The average Bonchev–Trinajstić information content (AvgIpc) is 2.85. The van der Waals surface area contributed by atoms with Crippen LogP contribution >= 0.6 is 0 Å². The minimum Gasteiger partial charge on any atom is -0.504 e. The van der Waals surface area contributed by atoms with E-state index in [1.165, 1.54) is 18.9 Å².